The second kappa shape index (κ2) is 5.81. The average Bonchev–Trinajstić information content (AvgIpc) is 2.78. The van der Waals surface area contributed by atoms with Crippen molar-refractivity contribution < 1.29 is 4.39 Å². The third-order valence-corrected chi connectivity index (χ3v) is 4.02. The van der Waals surface area contributed by atoms with Crippen molar-refractivity contribution in [3.05, 3.63) is 35.6 Å². The molecule has 0 saturated carbocycles. The van der Waals surface area contributed by atoms with Crippen LogP contribution in [0.1, 0.15) is 31.7 Å². The first kappa shape index (κ1) is 13.5. The summed E-state index contributed by atoms with van der Waals surface area (Å²) < 4.78 is 12.9. The Bertz CT molecular complexity index is 375. The van der Waals surface area contributed by atoms with Gasteiger partial charge in [0.2, 0.25) is 0 Å². The molecule has 100 valence electrons. The highest BCUT2D eigenvalue weighted by atomic mass is 19.1. The number of likely N-dealkylation sites (tertiary alicyclic amines) is 1. The van der Waals surface area contributed by atoms with E-state index in [0.29, 0.717) is 11.8 Å². The van der Waals surface area contributed by atoms with Crippen LogP contribution in [0.25, 0.3) is 0 Å². The third kappa shape index (κ3) is 3.30. The molecule has 1 heterocycles. The van der Waals surface area contributed by atoms with E-state index in [2.05, 4.69) is 18.7 Å². The zero-order valence-electron chi connectivity index (χ0n) is 11.3. The maximum Gasteiger partial charge on any atom is 0.123 e. The molecule has 0 spiro atoms. The normalized spacial score (nSPS) is 24.1. The minimum absolute atomic E-state index is 0.163. The van der Waals surface area contributed by atoms with Crippen LogP contribution in [0.3, 0.4) is 0 Å². The molecule has 1 saturated heterocycles. The Morgan fingerprint density at radius 2 is 2.00 bits per heavy atom. The van der Waals surface area contributed by atoms with Gasteiger partial charge in [-0.1, -0.05) is 19.1 Å². The number of benzene rings is 1. The molecule has 0 aliphatic carbocycles. The topological polar surface area (TPSA) is 29.3 Å². The third-order valence-electron chi connectivity index (χ3n) is 4.02. The van der Waals surface area contributed by atoms with Crippen LogP contribution < -0.4 is 5.73 Å². The van der Waals surface area contributed by atoms with Crippen molar-refractivity contribution in [1.82, 2.24) is 4.90 Å². The van der Waals surface area contributed by atoms with E-state index in [1.165, 1.54) is 12.0 Å². The predicted molar refractivity (Wildman–Crippen MR) is 73.0 cm³/mol. The van der Waals surface area contributed by atoms with Gasteiger partial charge < -0.3 is 10.6 Å². The standard InChI is InChI=1S/C15H23FN2/c1-11(13-3-5-15(16)6-4-13)9-18-8-7-14(10-18)12(2)17/h3-6,11-12,14H,7-10,17H2,1-2H3. The summed E-state index contributed by atoms with van der Waals surface area (Å²) in [6.45, 7) is 7.57. The molecule has 0 bridgehead atoms. The van der Waals surface area contributed by atoms with Gasteiger partial charge in [-0.25, -0.2) is 4.39 Å². The van der Waals surface area contributed by atoms with Crippen molar-refractivity contribution in [2.24, 2.45) is 11.7 Å². The maximum absolute atomic E-state index is 12.9. The van der Waals surface area contributed by atoms with Gasteiger partial charge in [0.1, 0.15) is 5.82 Å². The summed E-state index contributed by atoms with van der Waals surface area (Å²) >= 11 is 0. The molecule has 2 N–H and O–H groups in total. The van der Waals surface area contributed by atoms with Crippen molar-refractivity contribution in [2.75, 3.05) is 19.6 Å². The first-order chi connectivity index (χ1) is 8.56. The molecule has 1 aromatic carbocycles. The monoisotopic (exact) mass is 250 g/mol. The Kier molecular flexibility index (Phi) is 4.36. The summed E-state index contributed by atoms with van der Waals surface area (Å²) in [5, 5.41) is 0. The van der Waals surface area contributed by atoms with Crippen LogP contribution in [0.4, 0.5) is 4.39 Å². The Labute approximate surface area is 109 Å². The van der Waals surface area contributed by atoms with Crippen LogP contribution in [-0.2, 0) is 0 Å². The van der Waals surface area contributed by atoms with Crippen molar-refractivity contribution in [1.29, 1.82) is 0 Å². The van der Waals surface area contributed by atoms with Gasteiger partial charge in [0, 0.05) is 19.1 Å². The fraction of sp³-hybridized carbons (Fsp3) is 0.600. The Morgan fingerprint density at radius 3 is 2.56 bits per heavy atom. The molecule has 3 unspecified atom stereocenters. The quantitative estimate of drug-likeness (QED) is 0.890. The van der Waals surface area contributed by atoms with E-state index in [1.807, 2.05) is 12.1 Å². The Balaban J connectivity index is 1.88. The first-order valence-corrected chi connectivity index (χ1v) is 6.79. The van der Waals surface area contributed by atoms with Gasteiger partial charge in [0.15, 0.2) is 0 Å². The molecule has 1 fully saturated rings. The zero-order valence-corrected chi connectivity index (χ0v) is 11.3. The number of hydrogen-bond acceptors (Lipinski definition) is 2. The zero-order chi connectivity index (χ0) is 13.1. The van der Waals surface area contributed by atoms with Gasteiger partial charge in [0.25, 0.3) is 0 Å². The van der Waals surface area contributed by atoms with Crippen LogP contribution in [0.2, 0.25) is 0 Å². The lowest BCUT2D eigenvalue weighted by molar-refractivity contribution is 0.300. The van der Waals surface area contributed by atoms with Gasteiger partial charge >= 0.3 is 0 Å². The van der Waals surface area contributed by atoms with E-state index < -0.39 is 0 Å². The molecule has 0 amide bonds. The van der Waals surface area contributed by atoms with Gasteiger partial charge in [-0.15, -0.1) is 0 Å². The summed E-state index contributed by atoms with van der Waals surface area (Å²) in [7, 11) is 0. The van der Waals surface area contributed by atoms with E-state index in [0.717, 1.165) is 19.6 Å². The molecule has 3 atom stereocenters. The Morgan fingerprint density at radius 1 is 1.33 bits per heavy atom. The number of halogens is 1. The number of hydrogen-bond donors (Lipinski definition) is 1. The smallest absolute Gasteiger partial charge is 0.123 e. The van der Waals surface area contributed by atoms with E-state index in [4.69, 9.17) is 5.73 Å². The van der Waals surface area contributed by atoms with Gasteiger partial charge in [-0.3, -0.25) is 0 Å². The highest BCUT2D eigenvalue weighted by molar-refractivity contribution is 5.20. The van der Waals surface area contributed by atoms with E-state index in [1.54, 1.807) is 12.1 Å². The molecule has 2 nitrogen and oxygen atoms in total. The maximum atomic E-state index is 12.9. The molecule has 0 aromatic heterocycles. The molecule has 1 aliphatic rings. The van der Waals surface area contributed by atoms with E-state index in [-0.39, 0.29) is 11.9 Å². The number of nitrogens with zero attached hydrogens (tertiary/aromatic N) is 1. The molecule has 1 aromatic rings. The predicted octanol–water partition coefficient (Wildman–Crippen LogP) is 2.60. The summed E-state index contributed by atoms with van der Waals surface area (Å²) in [6.07, 6.45) is 1.20. The van der Waals surface area contributed by atoms with Crippen molar-refractivity contribution in [3.63, 3.8) is 0 Å². The average molecular weight is 250 g/mol. The highest BCUT2D eigenvalue weighted by Gasteiger charge is 2.26. The minimum Gasteiger partial charge on any atom is -0.328 e. The molecular weight excluding hydrogens is 227 g/mol. The van der Waals surface area contributed by atoms with Crippen molar-refractivity contribution in [3.8, 4) is 0 Å². The molecule has 0 radical (unpaired) electrons. The lowest BCUT2D eigenvalue weighted by Crippen LogP contribution is -2.31. The molecule has 18 heavy (non-hydrogen) atoms. The van der Waals surface area contributed by atoms with Crippen LogP contribution in [-0.4, -0.2) is 30.6 Å². The molecule has 3 heteroatoms. The second-order valence-corrected chi connectivity index (χ2v) is 5.62. The van der Waals surface area contributed by atoms with Crippen LogP contribution >= 0.6 is 0 Å². The second-order valence-electron chi connectivity index (χ2n) is 5.62. The highest BCUT2D eigenvalue weighted by Crippen LogP contribution is 2.23. The van der Waals surface area contributed by atoms with Crippen molar-refractivity contribution in [2.45, 2.75) is 32.2 Å². The first-order valence-electron chi connectivity index (χ1n) is 6.79. The molecule has 1 aliphatic heterocycles. The van der Waals surface area contributed by atoms with Crippen LogP contribution in [0.5, 0.6) is 0 Å². The van der Waals surface area contributed by atoms with E-state index in [9.17, 15) is 4.39 Å². The van der Waals surface area contributed by atoms with E-state index >= 15 is 0 Å². The minimum atomic E-state index is -0.163. The fourth-order valence-corrected chi connectivity index (χ4v) is 2.74. The SMILES string of the molecule is CC(CN1CCC(C(C)N)C1)c1ccc(F)cc1. The van der Waals surface area contributed by atoms with Gasteiger partial charge in [0.05, 0.1) is 0 Å². The summed E-state index contributed by atoms with van der Waals surface area (Å²) in [4.78, 5) is 2.47. The lowest BCUT2D eigenvalue weighted by Gasteiger charge is -2.22. The Hall–Kier alpha value is -0.930. The lowest BCUT2D eigenvalue weighted by atomic mass is 10.0. The van der Waals surface area contributed by atoms with Crippen LogP contribution in [0, 0.1) is 11.7 Å². The van der Waals surface area contributed by atoms with Crippen molar-refractivity contribution >= 4 is 0 Å². The summed E-state index contributed by atoms with van der Waals surface area (Å²) in [6, 6.07) is 7.15. The van der Waals surface area contributed by atoms with Gasteiger partial charge in [-0.2, -0.15) is 0 Å². The summed E-state index contributed by atoms with van der Waals surface area (Å²) in [5.41, 5.74) is 7.16. The molecule has 2 rings (SSSR count). The largest absolute Gasteiger partial charge is 0.328 e. The number of rotatable bonds is 4. The molecular formula is C15H23FN2. The van der Waals surface area contributed by atoms with Gasteiger partial charge in [-0.05, 0) is 49.4 Å². The van der Waals surface area contributed by atoms with Crippen LogP contribution in [0.15, 0.2) is 24.3 Å². The fourth-order valence-electron chi connectivity index (χ4n) is 2.74. The number of nitrogens with two attached hydrogens (primary N) is 1. The summed E-state index contributed by atoms with van der Waals surface area (Å²) in [5.74, 6) is 0.909.